The highest BCUT2D eigenvalue weighted by molar-refractivity contribution is 5.58. The Morgan fingerprint density at radius 3 is 2.14 bits per heavy atom. The van der Waals surface area contributed by atoms with Crippen molar-refractivity contribution in [2.45, 2.75) is 19.1 Å². The lowest BCUT2D eigenvalue weighted by atomic mass is 9.94. The van der Waals surface area contributed by atoms with Gasteiger partial charge in [-0.15, -0.1) is 0 Å². The molecule has 1 N–H and O–H groups in total. The Balaban J connectivity index is 1.80. The van der Waals surface area contributed by atoms with Gasteiger partial charge in [0, 0.05) is 25.2 Å². The molecule has 1 heterocycles. The average molecular weight is 493 g/mol. The zero-order valence-electron chi connectivity index (χ0n) is 21.6. The first-order valence-electron chi connectivity index (χ1n) is 12.3. The van der Waals surface area contributed by atoms with Crippen molar-refractivity contribution in [2.75, 3.05) is 54.6 Å². The van der Waals surface area contributed by atoms with E-state index >= 15 is 0 Å². The molecule has 0 saturated carbocycles. The van der Waals surface area contributed by atoms with Crippen molar-refractivity contribution in [1.82, 2.24) is 10.2 Å². The van der Waals surface area contributed by atoms with Crippen LogP contribution in [0, 0.1) is 0 Å². The molecule has 0 amide bonds. The molecule has 1 aliphatic heterocycles. The van der Waals surface area contributed by atoms with E-state index in [1.54, 1.807) is 28.4 Å². The molecule has 0 aromatic heterocycles. The molecule has 1 aliphatic rings. The van der Waals surface area contributed by atoms with Crippen LogP contribution in [0.2, 0.25) is 0 Å². The van der Waals surface area contributed by atoms with Crippen LogP contribution in [0.15, 0.2) is 60.7 Å². The highest BCUT2D eigenvalue weighted by atomic mass is 16.5. The standard InChI is InChI=1S/C29H36N2O5/c1-32-24-13-8-12-23(28(24)35-4)27(31-16-9-14-30-15-17-31)22-18-25(33-2)29(26(19-22)34-3)36-20-21-10-6-5-7-11-21/h5-8,10-13,18-19,27,30H,9,14-17,20H2,1-4H3. The van der Waals surface area contributed by atoms with Crippen LogP contribution in [-0.2, 0) is 6.61 Å². The number of benzene rings is 3. The van der Waals surface area contributed by atoms with Crippen LogP contribution < -0.4 is 29.0 Å². The van der Waals surface area contributed by atoms with Crippen LogP contribution in [0.3, 0.4) is 0 Å². The van der Waals surface area contributed by atoms with Gasteiger partial charge in [-0.1, -0.05) is 42.5 Å². The molecule has 1 saturated heterocycles. The van der Waals surface area contributed by atoms with E-state index in [0.29, 0.717) is 29.6 Å². The minimum atomic E-state index is -0.0964. The van der Waals surface area contributed by atoms with E-state index in [2.05, 4.69) is 16.3 Å². The van der Waals surface area contributed by atoms with Crippen molar-refractivity contribution in [3.63, 3.8) is 0 Å². The third kappa shape index (κ3) is 5.69. The molecule has 0 aliphatic carbocycles. The molecule has 0 bridgehead atoms. The Kier molecular flexibility index (Phi) is 8.92. The van der Waals surface area contributed by atoms with Crippen molar-refractivity contribution in [1.29, 1.82) is 0 Å². The van der Waals surface area contributed by atoms with Gasteiger partial charge in [-0.05, 0) is 42.3 Å². The van der Waals surface area contributed by atoms with Crippen molar-refractivity contribution in [2.24, 2.45) is 0 Å². The molecule has 1 fully saturated rings. The molecule has 1 atom stereocenters. The second-order valence-electron chi connectivity index (χ2n) is 8.65. The highest BCUT2D eigenvalue weighted by Gasteiger charge is 2.29. The van der Waals surface area contributed by atoms with E-state index in [1.165, 1.54) is 0 Å². The summed E-state index contributed by atoms with van der Waals surface area (Å²) in [5.41, 5.74) is 3.13. The van der Waals surface area contributed by atoms with Crippen LogP contribution in [0.5, 0.6) is 28.7 Å². The second-order valence-corrected chi connectivity index (χ2v) is 8.65. The van der Waals surface area contributed by atoms with Crippen LogP contribution in [-0.4, -0.2) is 59.5 Å². The minimum absolute atomic E-state index is 0.0964. The normalized spacial score (nSPS) is 15.0. The van der Waals surface area contributed by atoms with Gasteiger partial charge >= 0.3 is 0 Å². The van der Waals surface area contributed by atoms with Gasteiger partial charge in [0.1, 0.15) is 6.61 Å². The lowest BCUT2D eigenvalue weighted by molar-refractivity contribution is 0.231. The van der Waals surface area contributed by atoms with Gasteiger partial charge < -0.3 is 29.0 Å². The fraction of sp³-hybridized carbons (Fsp3) is 0.379. The van der Waals surface area contributed by atoms with Gasteiger partial charge in [0.05, 0.1) is 34.5 Å². The maximum absolute atomic E-state index is 6.21. The average Bonchev–Trinajstić information content (AvgIpc) is 3.21. The van der Waals surface area contributed by atoms with Gasteiger partial charge in [0.25, 0.3) is 0 Å². The number of methoxy groups -OCH3 is 4. The summed E-state index contributed by atoms with van der Waals surface area (Å²) in [7, 11) is 6.66. The Hall–Kier alpha value is -3.42. The SMILES string of the molecule is COc1cc(C(c2cccc(OC)c2OC)N2CCCNCC2)cc(OC)c1OCc1ccccc1. The Labute approximate surface area is 213 Å². The predicted octanol–water partition coefficient (Wildman–Crippen LogP) is 4.68. The van der Waals surface area contributed by atoms with Gasteiger partial charge in [-0.3, -0.25) is 4.90 Å². The van der Waals surface area contributed by atoms with Crippen molar-refractivity contribution < 1.29 is 23.7 Å². The molecule has 1 unspecified atom stereocenters. The lowest BCUT2D eigenvalue weighted by Crippen LogP contribution is -2.33. The Morgan fingerprint density at radius 1 is 0.750 bits per heavy atom. The van der Waals surface area contributed by atoms with E-state index in [4.69, 9.17) is 23.7 Å². The molecule has 3 aromatic rings. The molecule has 192 valence electrons. The van der Waals surface area contributed by atoms with Gasteiger partial charge in [-0.2, -0.15) is 0 Å². The summed E-state index contributed by atoms with van der Waals surface area (Å²) in [6, 6.07) is 20.1. The molecule has 7 nitrogen and oxygen atoms in total. The topological polar surface area (TPSA) is 61.4 Å². The van der Waals surface area contributed by atoms with Crippen molar-refractivity contribution in [3.8, 4) is 28.7 Å². The third-order valence-electron chi connectivity index (χ3n) is 6.49. The zero-order valence-corrected chi connectivity index (χ0v) is 21.6. The number of rotatable bonds is 10. The smallest absolute Gasteiger partial charge is 0.203 e. The second kappa shape index (κ2) is 12.5. The van der Waals surface area contributed by atoms with Crippen molar-refractivity contribution in [3.05, 3.63) is 77.4 Å². The summed E-state index contributed by atoms with van der Waals surface area (Å²) in [6.45, 7) is 4.15. The summed E-state index contributed by atoms with van der Waals surface area (Å²) in [6.07, 6.45) is 1.05. The highest BCUT2D eigenvalue weighted by Crippen LogP contribution is 2.45. The molecule has 7 heteroatoms. The fourth-order valence-corrected chi connectivity index (χ4v) is 4.77. The summed E-state index contributed by atoms with van der Waals surface area (Å²) < 4.78 is 29.3. The number of para-hydroxylation sites is 1. The Morgan fingerprint density at radius 2 is 1.47 bits per heavy atom. The molecule has 0 spiro atoms. The van der Waals surface area contributed by atoms with Crippen LogP contribution in [0.1, 0.15) is 29.2 Å². The quantitative estimate of drug-likeness (QED) is 0.441. The molecule has 3 aromatic carbocycles. The summed E-state index contributed by atoms with van der Waals surface area (Å²) in [5, 5.41) is 3.51. The van der Waals surface area contributed by atoms with E-state index in [9.17, 15) is 0 Å². The van der Waals surface area contributed by atoms with Crippen LogP contribution >= 0.6 is 0 Å². The predicted molar refractivity (Wildman–Crippen MR) is 141 cm³/mol. The van der Waals surface area contributed by atoms with Crippen LogP contribution in [0.25, 0.3) is 0 Å². The molecule has 0 radical (unpaired) electrons. The summed E-state index contributed by atoms with van der Waals surface area (Å²) in [5.74, 6) is 3.26. The number of hydrogen-bond acceptors (Lipinski definition) is 7. The monoisotopic (exact) mass is 492 g/mol. The minimum Gasteiger partial charge on any atom is -0.493 e. The van der Waals surface area contributed by atoms with Crippen molar-refractivity contribution >= 4 is 0 Å². The van der Waals surface area contributed by atoms with E-state index < -0.39 is 0 Å². The maximum atomic E-state index is 6.21. The van der Waals surface area contributed by atoms with E-state index in [0.717, 1.165) is 55.0 Å². The first kappa shape index (κ1) is 25.7. The van der Waals surface area contributed by atoms with E-state index in [-0.39, 0.29) is 6.04 Å². The first-order valence-corrected chi connectivity index (χ1v) is 12.3. The first-order chi connectivity index (χ1) is 17.7. The number of ether oxygens (including phenoxy) is 5. The van der Waals surface area contributed by atoms with Crippen LogP contribution in [0.4, 0.5) is 0 Å². The molecular formula is C29H36N2O5. The largest absolute Gasteiger partial charge is 0.493 e. The molecule has 4 rings (SSSR count). The van der Waals surface area contributed by atoms with Gasteiger partial charge in [0.2, 0.25) is 5.75 Å². The van der Waals surface area contributed by atoms with Gasteiger partial charge in [-0.25, -0.2) is 0 Å². The maximum Gasteiger partial charge on any atom is 0.203 e. The number of nitrogens with one attached hydrogen (secondary N) is 1. The lowest BCUT2D eigenvalue weighted by Gasteiger charge is -2.33. The molecule has 36 heavy (non-hydrogen) atoms. The fourth-order valence-electron chi connectivity index (χ4n) is 4.77. The summed E-state index contributed by atoms with van der Waals surface area (Å²) >= 11 is 0. The summed E-state index contributed by atoms with van der Waals surface area (Å²) in [4.78, 5) is 2.47. The number of hydrogen-bond donors (Lipinski definition) is 1. The third-order valence-corrected chi connectivity index (χ3v) is 6.49. The van der Waals surface area contributed by atoms with Gasteiger partial charge in [0.15, 0.2) is 23.0 Å². The van der Waals surface area contributed by atoms with E-state index in [1.807, 2.05) is 54.6 Å². The zero-order chi connectivity index (χ0) is 25.3. The number of nitrogens with zero attached hydrogens (tertiary/aromatic N) is 1. The molecular weight excluding hydrogens is 456 g/mol. The Bertz CT molecular complexity index is 1090.